The summed E-state index contributed by atoms with van der Waals surface area (Å²) in [6, 6.07) is 3.35. The van der Waals surface area contributed by atoms with Crippen LogP contribution in [0.4, 0.5) is 5.69 Å². The fraction of sp³-hybridized carbons (Fsp3) is 0.471. The molecule has 2 aromatic heterocycles. The van der Waals surface area contributed by atoms with Gasteiger partial charge >= 0.3 is 5.97 Å². The van der Waals surface area contributed by atoms with Crippen molar-refractivity contribution in [1.29, 1.82) is 0 Å². The fourth-order valence-electron chi connectivity index (χ4n) is 2.19. The minimum atomic E-state index is -0.542. The van der Waals surface area contributed by atoms with Gasteiger partial charge in [0.15, 0.2) is 5.75 Å². The number of esters is 1. The third kappa shape index (κ3) is 4.47. The van der Waals surface area contributed by atoms with Crippen molar-refractivity contribution in [2.24, 2.45) is 7.05 Å². The third-order valence-corrected chi connectivity index (χ3v) is 3.21. The number of nitrogens with one attached hydrogen (secondary N) is 1. The summed E-state index contributed by atoms with van der Waals surface area (Å²) in [5.41, 5.74) is 1.32. The maximum absolute atomic E-state index is 12.0. The molecule has 2 aromatic rings. The predicted octanol–water partition coefficient (Wildman–Crippen LogP) is 2.95. The van der Waals surface area contributed by atoms with Gasteiger partial charge in [-0.1, -0.05) is 0 Å². The van der Waals surface area contributed by atoms with E-state index >= 15 is 0 Å². The van der Waals surface area contributed by atoms with Crippen LogP contribution in [0, 0.1) is 0 Å². The van der Waals surface area contributed by atoms with E-state index in [1.165, 1.54) is 0 Å². The van der Waals surface area contributed by atoms with Crippen LogP contribution in [-0.2, 0) is 11.8 Å². The molecule has 1 N–H and O–H groups in total. The molecule has 24 heavy (non-hydrogen) atoms. The van der Waals surface area contributed by atoms with Gasteiger partial charge in [-0.2, -0.15) is 5.10 Å². The zero-order valence-electron chi connectivity index (χ0n) is 15.0. The molecule has 7 heteroatoms. The first-order valence-electron chi connectivity index (χ1n) is 7.73. The molecule has 2 rings (SSSR count). The summed E-state index contributed by atoms with van der Waals surface area (Å²) in [5.74, 6) is 0.282. The molecule has 0 spiro atoms. The van der Waals surface area contributed by atoms with Gasteiger partial charge in [-0.3, -0.25) is 4.68 Å². The van der Waals surface area contributed by atoms with E-state index < -0.39 is 11.6 Å². The molecule has 0 fully saturated rings. The SMILES string of the molecule is COc1cn(C)nc1C(C)Nc1ccc(C(=O)OC(C)(C)C)nc1. The number of hydrogen-bond donors (Lipinski definition) is 1. The second-order valence-electron chi connectivity index (χ2n) is 6.56. The molecule has 0 aliphatic heterocycles. The Morgan fingerprint density at radius 2 is 2.04 bits per heavy atom. The second-order valence-corrected chi connectivity index (χ2v) is 6.56. The van der Waals surface area contributed by atoms with Crippen LogP contribution < -0.4 is 10.1 Å². The monoisotopic (exact) mass is 332 g/mol. The Bertz CT molecular complexity index is 702. The molecular formula is C17H24N4O3. The summed E-state index contributed by atoms with van der Waals surface area (Å²) in [4.78, 5) is 16.1. The first kappa shape index (κ1) is 17.8. The summed E-state index contributed by atoms with van der Waals surface area (Å²) in [7, 11) is 3.46. The van der Waals surface area contributed by atoms with E-state index in [2.05, 4.69) is 15.4 Å². The largest absolute Gasteiger partial charge is 0.493 e. The quantitative estimate of drug-likeness (QED) is 0.848. The van der Waals surface area contributed by atoms with Gasteiger partial charge in [-0.05, 0) is 39.8 Å². The fourth-order valence-corrected chi connectivity index (χ4v) is 2.19. The Balaban J connectivity index is 2.07. The van der Waals surface area contributed by atoms with Crippen LogP contribution in [0.25, 0.3) is 0 Å². The van der Waals surface area contributed by atoms with E-state index in [0.29, 0.717) is 0 Å². The molecule has 7 nitrogen and oxygen atoms in total. The number of ether oxygens (including phenoxy) is 2. The van der Waals surface area contributed by atoms with Crippen molar-refractivity contribution >= 4 is 11.7 Å². The Labute approximate surface area is 142 Å². The average Bonchev–Trinajstić information content (AvgIpc) is 2.87. The van der Waals surface area contributed by atoms with Gasteiger partial charge in [0, 0.05) is 7.05 Å². The predicted molar refractivity (Wildman–Crippen MR) is 91.2 cm³/mol. The lowest BCUT2D eigenvalue weighted by Crippen LogP contribution is -2.24. The topological polar surface area (TPSA) is 78.3 Å². The maximum atomic E-state index is 12.0. The number of aryl methyl sites for hydroxylation is 1. The highest BCUT2D eigenvalue weighted by atomic mass is 16.6. The summed E-state index contributed by atoms with van der Waals surface area (Å²) in [5, 5.41) is 7.69. The van der Waals surface area contributed by atoms with Crippen LogP contribution in [0.15, 0.2) is 24.5 Å². The van der Waals surface area contributed by atoms with Crippen molar-refractivity contribution in [3.8, 4) is 5.75 Å². The number of carbonyl (C=O) groups excluding carboxylic acids is 1. The van der Waals surface area contributed by atoms with Gasteiger partial charge in [-0.25, -0.2) is 9.78 Å². The number of rotatable bonds is 5. The van der Waals surface area contributed by atoms with E-state index in [9.17, 15) is 4.79 Å². The second kappa shape index (κ2) is 6.90. The molecule has 2 heterocycles. The van der Waals surface area contributed by atoms with E-state index in [1.54, 1.807) is 30.1 Å². The van der Waals surface area contributed by atoms with Gasteiger partial charge < -0.3 is 14.8 Å². The molecule has 0 aromatic carbocycles. The normalized spacial score (nSPS) is 12.6. The molecule has 1 atom stereocenters. The van der Waals surface area contributed by atoms with Crippen molar-refractivity contribution in [1.82, 2.24) is 14.8 Å². The van der Waals surface area contributed by atoms with Crippen LogP contribution in [0.5, 0.6) is 5.75 Å². The van der Waals surface area contributed by atoms with Crippen molar-refractivity contribution in [3.63, 3.8) is 0 Å². The van der Waals surface area contributed by atoms with E-state index in [4.69, 9.17) is 9.47 Å². The Kier molecular flexibility index (Phi) is 5.11. The number of methoxy groups -OCH3 is 1. The standard InChI is InChI=1S/C17H24N4O3/c1-11(15-14(23-6)10-21(5)20-15)19-12-7-8-13(18-9-12)16(22)24-17(2,3)4/h7-11,19H,1-6H3. The molecule has 0 saturated heterocycles. The van der Waals surface area contributed by atoms with Gasteiger partial charge in [0.05, 0.1) is 31.2 Å². The Morgan fingerprint density at radius 1 is 1.33 bits per heavy atom. The zero-order chi connectivity index (χ0) is 17.9. The van der Waals surface area contributed by atoms with Crippen molar-refractivity contribution in [3.05, 3.63) is 35.9 Å². The zero-order valence-corrected chi connectivity index (χ0v) is 15.0. The van der Waals surface area contributed by atoms with Crippen LogP contribution in [-0.4, -0.2) is 33.4 Å². The summed E-state index contributed by atoms with van der Waals surface area (Å²) in [6.07, 6.45) is 3.42. The smallest absolute Gasteiger partial charge is 0.357 e. The van der Waals surface area contributed by atoms with Crippen LogP contribution >= 0.6 is 0 Å². The first-order chi connectivity index (χ1) is 11.2. The number of pyridine rings is 1. The van der Waals surface area contributed by atoms with Gasteiger partial charge in [-0.15, -0.1) is 0 Å². The molecule has 0 saturated carbocycles. The number of carbonyl (C=O) groups is 1. The molecule has 0 aliphatic rings. The average molecular weight is 332 g/mol. The number of aromatic nitrogens is 3. The number of hydrogen-bond acceptors (Lipinski definition) is 6. The first-order valence-corrected chi connectivity index (χ1v) is 7.73. The van der Waals surface area contributed by atoms with Crippen LogP contribution in [0.3, 0.4) is 0 Å². The number of nitrogens with zero attached hydrogens (tertiary/aromatic N) is 3. The van der Waals surface area contributed by atoms with E-state index in [-0.39, 0.29) is 11.7 Å². The molecule has 0 bridgehead atoms. The van der Waals surface area contributed by atoms with Crippen molar-refractivity contribution < 1.29 is 14.3 Å². The lowest BCUT2D eigenvalue weighted by molar-refractivity contribution is 0.00629. The van der Waals surface area contributed by atoms with Crippen molar-refractivity contribution in [2.75, 3.05) is 12.4 Å². The highest BCUT2D eigenvalue weighted by Crippen LogP contribution is 2.26. The third-order valence-electron chi connectivity index (χ3n) is 3.21. The highest BCUT2D eigenvalue weighted by Gasteiger charge is 2.19. The minimum absolute atomic E-state index is 0.0738. The van der Waals surface area contributed by atoms with Crippen LogP contribution in [0.1, 0.15) is 49.9 Å². The highest BCUT2D eigenvalue weighted by molar-refractivity contribution is 5.87. The minimum Gasteiger partial charge on any atom is -0.493 e. The Hall–Kier alpha value is -2.57. The lowest BCUT2D eigenvalue weighted by atomic mass is 10.2. The molecule has 130 valence electrons. The molecule has 1 unspecified atom stereocenters. The summed E-state index contributed by atoms with van der Waals surface area (Å²) in [6.45, 7) is 7.45. The van der Waals surface area contributed by atoms with Gasteiger partial charge in [0.2, 0.25) is 0 Å². The molecule has 0 radical (unpaired) electrons. The maximum Gasteiger partial charge on any atom is 0.357 e. The summed E-state index contributed by atoms with van der Waals surface area (Å²) < 4.78 is 12.3. The Morgan fingerprint density at radius 3 is 2.58 bits per heavy atom. The summed E-state index contributed by atoms with van der Waals surface area (Å²) >= 11 is 0. The van der Waals surface area contributed by atoms with Gasteiger partial charge in [0.25, 0.3) is 0 Å². The van der Waals surface area contributed by atoms with E-state index in [0.717, 1.165) is 17.1 Å². The lowest BCUT2D eigenvalue weighted by Gasteiger charge is -2.19. The van der Waals surface area contributed by atoms with Gasteiger partial charge in [0.1, 0.15) is 17.0 Å². The molecule has 0 aliphatic carbocycles. The molecule has 0 amide bonds. The van der Waals surface area contributed by atoms with Crippen molar-refractivity contribution in [2.45, 2.75) is 39.3 Å². The number of anilines is 1. The van der Waals surface area contributed by atoms with Crippen LogP contribution in [0.2, 0.25) is 0 Å². The molecular weight excluding hydrogens is 308 g/mol. The van der Waals surface area contributed by atoms with E-state index in [1.807, 2.05) is 40.9 Å².